The maximum absolute atomic E-state index is 9.41. The molecule has 0 aliphatic carbocycles. The van der Waals surface area contributed by atoms with Gasteiger partial charge in [-0.1, -0.05) is 18.2 Å². The maximum Gasteiger partial charge on any atom is 0.115 e. The molecule has 0 atom stereocenters. The van der Waals surface area contributed by atoms with Crippen molar-refractivity contribution in [3.05, 3.63) is 72.1 Å². The lowest BCUT2D eigenvalue weighted by Crippen LogP contribution is -2.00. The highest BCUT2D eigenvalue weighted by Crippen LogP contribution is 2.20. The molecule has 0 saturated heterocycles. The maximum atomic E-state index is 9.41. The molecular formula is C17H17N3O. The SMILES string of the molecule is Cc1cc(O)ccc1NCc1cnn(-c2ccccc2)c1. The van der Waals surface area contributed by atoms with Crippen LogP contribution in [0.15, 0.2) is 60.9 Å². The van der Waals surface area contributed by atoms with Gasteiger partial charge in [0.25, 0.3) is 0 Å². The van der Waals surface area contributed by atoms with Crippen LogP contribution in [0.4, 0.5) is 5.69 Å². The second-order valence-corrected chi connectivity index (χ2v) is 4.98. The van der Waals surface area contributed by atoms with Gasteiger partial charge in [0.15, 0.2) is 0 Å². The van der Waals surface area contributed by atoms with Crippen LogP contribution in [0.2, 0.25) is 0 Å². The van der Waals surface area contributed by atoms with Crippen LogP contribution in [-0.4, -0.2) is 14.9 Å². The first-order valence-corrected chi connectivity index (χ1v) is 6.85. The molecule has 0 amide bonds. The van der Waals surface area contributed by atoms with E-state index in [1.165, 1.54) is 0 Å². The molecule has 3 rings (SSSR count). The molecule has 1 heterocycles. The summed E-state index contributed by atoms with van der Waals surface area (Å²) in [6.07, 6.45) is 3.87. The van der Waals surface area contributed by atoms with Crippen molar-refractivity contribution >= 4 is 5.69 Å². The van der Waals surface area contributed by atoms with E-state index < -0.39 is 0 Å². The molecule has 2 N–H and O–H groups in total. The van der Waals surface area contributed by atoms with Crippen molar-refractivity contribution in [2.45, 2.75) is 13.5 Å². The van der Waals surface area contributed by atoms with Crippen LogP contribution < -0.4 is 5.32 Å². The molecule has 0 bridgehead atoms. The number of aromatic nitrogens is 2. The summed E-state index contributed by atoms with van der Waals surface area (Å²) in [6, 6.07) is 15.3. The molecule has 3 aromatic rings. The minimum Gasteiger partial charge on any atom is -0.508 e. The van der Waals surface area contributed by atoms with E-state index in [9.17, 15) is 5.11 Å². The second kappa shape index (κ2) is 5.71. The summed E-state index contributed by atoms with van der Waals surface area (Å²) in [4.78, 5) is 0. The van der Waals surface area contributed by atoms with Crippen LogP contribution in [0.25, 0.3) is 5.69 Å². The first-order valence-electron chi connectivity index (χ1n) is 6.85. The summed E-state index contributed by atoms with van der Waals surface area (Å²) in [5.41, 5.74) is 4.18. The summed E-state index contributed by atoms with van der Waals surface area (Å²) in [5, 5.41) is 17.1. The van der Waals surface area contributed by atoms with Gasteiger partial charge < -0.3 is 10.4 Å². The molecule has 0 aliphatic heterocycles. The monoisotopic (exact) mass is 279 g/mol. The van der Waals surface area contributed by atoms with Crippen molar-refractivity contribution in [1.82, 2.24) is 9.78 Å². The molecule has 0 saturated carbocycles. The lowest BCUT2D eigenvalue weighted by Gasteiger charge is -2.08. The Morgan fingerprint density at radius 2 is 1.95 bits per heavy atom. The third-order valence-corrected chi connectivity index (χ3v) is 3.35. The summed E-state index contributed by atoms with van der Waals surface area (Å²) in [7, 11) is 0. The molecule has 2 aromatic carbocycles. The zero-order chi connectivity index (χ0) is 14.7. The Labute approximate surface area is 123 Å². The predicted molar refractivity (Wildman–Crippen MR) is 83.7 cm³/mol. The van der Waals surface area contributed by atoms with Crippen molar-refractivity contribution in [2.24, 2.45) is 0 Å². The molecule has 0 unspecified atom stereocenters. The van der Waals surface area contributed by atoms with E-state index in [1.807, 2.05) is 60.4 Å². The average molecular weight is 279 g/mol. The lowest BCUT2D eigenvalue weighted by atomic mass is 10.2. The molecule has 21 heavy (non-hydrogen) atoms. The number of anilines is 1. The number of rotatable bonds is 4. The zero-order valence-corrected chi connectivity index (χ0v) is 11.8. The number of para-hydroxylation sites is 1. The van der Waals surface area contributed by atoms with Crippen LogP contribution in [0.3, 0.4) is 0 Å². The lowest BCUT2D eigenvalue weighted by molar-refractivity contribution is 0.475. The van der Waals surface area contributed by atoms with E-state index in [1.54, 1.807) is 12.1 Å². The van der Waals surface area contributed by atoms with E-state index in [0.29, 0.717) is 6.54 Å². The quantitative estimate of drug-likeness (QED) is 0.719. The second-order valence-electron chi connectivity index (χ2n) is 4.98. The van der Waals surface area contributed by atoms with Gasteiger partial charge in [0.2, 0.25) is 0 Å². The molecule has 106 valence electrons. The molecule has 4 heteroatoms. The van der Waals surface area contributed by atoms with E-state index >= 15 is 0 Å². The molecular weight excluding hydrogens is 262 g/mol. The highest BCUT2D eigenvalue weighted by atomic mass is 16.3. The largest absolute Gasteiger partial charge is 0.508 e. The Morgan fingerprint density at radius 3 is 2.71 bits per heavy atom. The van der Waals surface area contributed by atoms with Crippen LogP contribution in [0.5, 0.6) is 5.75 Å². The third kappa shape index (κ3) is 3.05. The van der Waals surface area contributed by atoms with Gasteiger partial charge in [0.1, 0.15) is 5.75 Å². The summed E-state index contributed by atoms with van der Waals surface area (Å²) >= 11 is 0. The van der Waals surface area contributed by atoms with Crippen LogP contribution in [-0.2, 0) is 6.54 Å². The van der Waals surface area contributed by atoms with Crippen molar-refractivity contribution in [1.29, 1.82) is 0 Å². The van der Waals surface area contributed by atoms with Gasteiger partial charge in [0.05, 0.1) is 11.9 Å². The van der Waals surface area contributed by atoms with Gasteiger partial charge in [-0.05, 0) is 42.8 Å². The number of phenols is 1. The minimum atomic E-state index is 0.287. The van der Waals surface area contributed by atoms with Gasteiger partial charge in [0, 0.05) is 24.0 Å². The number of nitrogens with one attached hydrogen (secondary N) is 1. The Kier molecular flexibility index (Phi) is 3.60. The molecule has 0 fully saturated rings. The fraction of sp³-hybridized carbons (Fsp3) is 0.118. The van der Waals surface area contributed by atoms with Crippen LogP contribution in [0, 0.1) is 6.92 Å². The van der Waals surface area contributed by atoms with Gasteiger partial charge in [-0.2, -0.15) is 5.10 Å². The highest BCUT2D eigenvalue weighted by molar-refractivity contribution is 5.53. The highest BCUT2D eigenvalue weighted by Gasteiger charge is 2.02. The van der Waals surface area contributed by atoms with E-state index in [4.69, 9.17) is 0 Å². The normalized spacial score (nSPS) is 10.5. The van der Waals surface area contributed by atoms with Crippen LogP contribution in [0.1, 0.15) is 11.1 Å². The number of phenolic OH excluding ortho intramolecular Hbond substituents is 1. The fourth-order valence-electron chi connectivity index (χ4n) is 2.22. The van der Waals surface area contributed by atoms with Gasteiger partial charge in [-0.25, -0.2) is 4.68 Å². The number of hydrogen-bond acceptors (Lipinski definition) is 3. The average Bonchev–Trinajstić information content (AvgIpc) is 2.96. The Morgan fingerprint density at radius 1 is 1.14 bits per heavy atom. The first-order chi connectivity index (χ1) is 10.2. The number of nitrogens with zero attached hydrogens (tertiary/aromatic N) is 2. The number of hydrogen-bond donors (Lipinski definition) is 2. The molecule has 0 radical (unpaired) electrons. The fourth-order valence-corrected chi connectivity index (χ4v) is 2.22. The Balaban J connectivity index is 1.70. The zero-order valence-electron chi connectivity index (χ0n) is 11.8. The van der Waals surface area contributed by atoms with Crippen molar-refractivity contribution < 1.29 is 5.11 Å². The summed E-state index contributed by atoms with van der Waals surface area (Å²) < 4.78 is 1.86. The van der Waals surface area contributed by atoms with Crippen LogP contribution >= 0.6 is 0 Å². The summed E-state index contributed by atoms with van der Waals surface area (Å²) in [5.74, 6) is 0.287. The smallest absolute Gasteiger partial charge is 0.115 e. The van der Waals surface area contributed by atoms with Crippen molar-refractivity contribution in [3.8, 4) is 11.4 Å². The standard InChI is InChI=1S/C17H17N3O/c1-13-9-16(21)7-8-17(13)18-10-14-11-19-20(12-14)15-5-3-2-4-6-15/h2-9,11-12,18,21H,10H2,1H3. The van der Waals surface area contributed by atoms with Crippen molar-refractivity contribution in [2.75, 3.05) is 5.32 Å². The van der Waals surface area contributed by atoms with Gasteiger partial charge in [-0.15, -0.1) is 0 Å². The number of aromatic hydroxyl groups is 1. The molecule has 1 aromatic heterocycles. The Bertz CT molecular complexity index is 735. The van der Waals surface area contributed by atoms with E-state index in [-0.39, 0.29) is 5.75 Å². The summed E-state index contributed by atoms with van der Waals surface area (Å²) in [6.45, 7) is 2.66. The van der Waals surface area contributed by atoms with E-state index in [2.05, 4.69) is 10.4 Å². The van der Waals surface area contributed by atoms with Crippen molar-refractivity contribution in [3.63, 3.8) is 0 Å². The number of benzene rings is 2. The van der Waals surface area contributed by atoms with E-state index in [0.717, 1.165) is 22.5 Å². The molecule has 0 spiro atoms. The first kappa shape index (κ1) is 13.2. The number of aryl methyl sites for hydroxylation is 1. The third-order valence-electron chi connectivity index (χ3n) is 3.35. The Hall–Kier alpha value is -2.75. The minimum absolute atomic E-state index is 0.287. The predicted octanol–water partition coefficient (Wildman–Crippen LogP) is 3.50. The van der Waals surface area contributed by atoms with Gasteiger partial charge >= 0.3 is 0 Å². The molecule has 0 aliphatic rings. The van der Waals surface area contributed by atoms with Gasteiger partial charge in [-0.3, -0.25) is 0 Å². The molecule has 4 nitrogen and oxygen atoms in total. The topological polar surface area (TPSA) is 50.1 Å².